The summed E-state index contributed by atoms with van der Waals surface area (Å²) in [5.41, 5.74) is 6.34. The van der Waals surface area contributed by atoms with Crippen LogP contribution in [0.15, 0.2) is 81.0 Å². The second kappa shape index (κ2) is 8.99. The molecule has 0 fully saturated rings. The van der Waals surface area contributed by atoms with Crippen molar-refractivity contribution in [1.82, 2.24) is 10.9 Å². The quantitative estimate of drug-likeness (QED) is 0.461. The molecule has 3 aromatic rings. The first-order valence-corrected chi connectivity index (χ1v) is 10.8. The van der Waals surface area contributed by atoms with Crippen LogP contribution in [0.25, 0.3) is 0 Å². The molecule has 3 amide bonds. The fourth-order valence-corrected chi connectivity index (χ4v) is 4.73. The fraction of sp³-hybridized carbons (Fsp3) is 0.0476. The van der Waals surface area contributed by atoms with Crippen LogP contribution in [0.5, 0.6) is 5.75 Å². The molecule has 0 spiro atoms. The highest BCUT2D eigenvalue weighted by Gasteiger charge is 2.28. The minimum Gasteiger partial charge on any atom is -0.483 e. The molecule has 0 unspecified atom stereocenters. The molecule has 0 aliphatic carbocycles. The zero-order valence-electron chi connectivity index (χ0n) is 15.4. The van der Waals surface area contributed by atoms with Crippen LogP contribution in [0.4, 0.5) is 16.2 Å². The third kappa shape index (κ3) is 4.40. The van der Waals surface area contributed by atoms with Gasteiger partial charge in [0.05, 0.1) is 15.8 Å². The Labute approximate surface area is 190 Å². The molecule has 0 radical (unpaired) electrons. The maximum Gasteiger partial charge on any atom is 0.345 e. The average molecular weight is 505 g/mol. The van der Waals surface area contributed by atoms with Crippen molar-refractivity contribution in [2.75, 3.05) is 11.5 Å². The van der Waals surface area contributed by atoms with Gasteiger partial charge in [-0.3, -0.25) is 15.1 Å². The molecule has 1 aliphatic rings. The van der Waals surface area contributed by atoms with E-state index in [9.17, 15) is 9.59 Å². The fourth-order valence-electron chi connectivity index (χ4n) is 2.87. The predicted molar refractivity (Wildman–Crippen MR) is 120 cm³/mol. The van der Waals surface area contributed by atoms with Gasteiger partial charge >= 0.3 is 6.03 Å². The maximum atomic E-state index is 12.9. The molecule has 0 bridgehead atoms. The molecule has 0 saturated heterocycles. The van der Waals surface area contributed by atoms with Gasteiger partial charge in [-0.1, -0.05) is 47.6 Å². The van der Waals surface area contributed by atoms with Gasteiger partial charge in [-0.2, -0.15) is 0 Å². The second-order valence-corrected chi connectivity index (χ2v) is 8.59. The van der Waals surface area contributed by atoms with Crippen molar-refractivity contribution in [1.29, 1.82) is 0 Å². The molecular formula is C21H15BrClN3O3S. The number of carbonyl (C=O) groups is 2. The maximum absolute atomic E-state index is 12.9. The molecule has 0 aromatic heterocycles. The average Bonchev–Trinajstić information content (AvgIpc) is 2.75. The summed E-state index contributed by atoms with van der Waals surface area (Å²) >= 11 is 10.8. The lowest BCUT2D eigenvalue weighted by Gasteiger charge is -2.30. The highest BCUT2D eigenvalue weighted by atomic mass is 79.9. The molecule has 30 heavy (non-hydrogen) atoms. The summed E-state index contributed by atoms with van der Waals surface area (Å²) < 4.78 is 6.09. The number of hydrogen-bond donors (Lipinski definition) is 2. The summed E-state index contributed by atoms with van der Waals surface area (Å²) in [7, 11) is 0. The Balaban J connectivity index is 1.42. The summed E-state index contributed by atoms with van der Waals surface area (Å²) in [4.78, 5) is 28.5. The zero-order valence-corrected chi connectivity index (χ0v) is 18.6. The van der Waals surface area contributed by atoms with E-state index in [1.165, 1.54) is 4.90 Å². The van der Waals surface area contributed by atoms with Crippen molar-refractivity contribution in [2.45, 2.75) is 9.79 Å². The summed E-state index contributed by atoms with van der Waals surface area (Å²) in [5, 5.41) is 0.547. The zero-order chi connectivity index (χ0) is 21.1. The van der Waals surface area contributed by atoms with Crippen molar-refractivity contribution in [3.05, 3.63) is 76.2 Å². The minimum atomic E-state index is -0.502. The van der Waals surface area contributed by atoms with Crippen molar-refractivity contribution < 1.29 is 14.3 Å². The molecule has 4 rings (SSSR count). The van der Waals surface area contributed by atoms with E-state index in [1.807, 2.05) is 48.5 Å². The number of benzene rings is 3. The van der Waals surface area contributed by atoms with E-state index >= 15 is 0 Å². The van der Waals surface area contributed by atoms with Gasteiger partial charge in [-0.15, -0.1) is 0 Å². The third-order valence-electron chi connectivity index (χ3n) is 4.20. The number of fused-ring (bicyclic) bond motifs is 2. The highest BCUT2D eigenvalue weighted by Crippen LogP contribution is 2.47. The highest BCUT2D eigenvalue weighted by molar-refractivity contribution is 9.10. The molecule has 1 aliphatic heterocycles. The first-order chi connectivity index (χ1) is 14.5. The van der Waals surface area contributed by atoms with Gasteiger partial charge in [-0.25, -0.2) is 10.2 Å². The van der Waals surface area contributed by atoms with E-state index in [1.54, 1.807) is 30.0 Å². The smallest absolute Gasteiger partial charge is 0.345 e. The molecule has 6 nitrogen and oxygen atoms in total. The van der Waals surface area contributed by atoms with E-state index in [4.69, 9.17) is 16.3 Å². The number of hydrazine groups is 1. The van der Waals surface area contributed by atoms with Crippen LogP contribution in [-0.2, 0) is 4.79 Å². The van der Waals surface area contributed by atoms with Gasteiger partial charge in [0.15, 0.2) is 6.61 Å². The first-order valence-electron chi connectivity index (χ1n) is 8.85. The number of amides is 3. The number of ether oxygens (including phenoxy) is 1. The number of para-hydroxylation sites is 2. The normalized spacial score (nSPS) is 11.9. The monoisotopic (exact) mass is 503 g/mol. The number of carbonyl (C=O) groups excluding carboxylic acids is 2. The van der Waals surface area contributed by atoms with Crippen molar-refractivity contribution >= 4 is 62.6 Å². The number of hydrogen-bond acceptors (Lipinski definition) is 4. The Morgan fingerprint density at radius 2 is 1.60 bits per heavy atom. The summed E-state index contributed by atoms with van der Waals surface area (Å²) in [6.07, 6.45) is 0. The topological polar surface area (TPSA) is 70.7 Å². The van der Waals surface area contributed by atoms with E-state index in [0.29, 0.717) is 15.2 Å². The Bertz CT molecular complexity index is 1080. The molecule has 2 N–H and O–H groups in total. The van der Waals surface area contributed by atoms with E-state index in [-0.39, 0.29) is 6.61 Å². The molecule has 3 aromatic carbocycles. The van der Waals surface area contributed by atoms with Crippen LogP contribution >= 0.6 is 39.3 Å². The van der Waals surface area contributed by atoms with Gasteiger partial charge in [0, 0.05) is 14.8 Å². The Morgan fingerprint density at radius 1 is 0.967 bits per heavy atom. The first kappa shape index (κ1) is 20.6. The molecule has 152 valence electrons. The van der Waals surface area contributed by atoms with Crippen LogP contribution in [0, 0.1) is 0 Å². The number of nitrogens with zero attached hydrogens (tertiary/aromatic N) is 1. The van der Waals surface area contributed by atoms with Gasteiger partial charge in [-0.05, 0) is 58.4 Å². The largest absolute Gasteiger partial charge is 0.483 e. The van der Waals surface area contributed by atoms with Crippen LogP contribution in [0.2, 0.25) is 5.02 Å². The van der Waals surface area contributed by atoms with Crippen molar-refractivity contribution in [2.24, 2.45) is 0 Å². The van der Waals surface area contributed by atoms with E-state index in [0.717, 1.165) is 21.2 Å². The lowest BCUT2D eigenvalue weighted by molar-refractivity contribution is -0.123. The summed E-state index contributed by atoms with van der Waals surface area (Å²) in [6, 6.07) is 19.7. The number of halogens is 2. The van der Waals surface area contributed by atoms with Gasteiger partial charge < -0.3 is 4.74 Å². The van der Waals surface area contributed by atoms with Crippen LogP contribution in [0.3, 0.4) is 0 Å². The lowest BCUT2D eigenvalue weighted by atomic mass is 10.2. The van der Waals surface area contributed by atoms with Crippen LogP contribution in [-0.4, -0.2) is 18.5 Å². The number of urea groups is 1. The van der Waals surface area contributed by atoms with Gasteiger partial charge in [0.2, 0.25) is 0 Å². The standard InChI is InChI=1S/C21H15BrClN3O3S/c22-14-11-13(23)9-10-17(14)29-12-20(27)24-25-21(28)26-15-5-1-3-7-18(15)30-19-8-4-2-6-16(19)26/h1-11H,12H2,(H,24,27)(H,25,28). The van der Waals surface area contributed by atoms with Crippen LogP contribution < -0.4 is 20.5 Å². The van der Waals surface area contributed by atoms with Gasteiger partial charge in [0.25, 0.3) is 5.91 Å². The Hall–Kier alpha value is -2.68. The summed E-state index contributed by atoms with van der Waals surface area (Å²) in [6.45, 7) is -0.274. The van der Waals surface area contributed by atoms with Crippen molar-refractivity contribution in [3.63, 3.8) is 0 Å². The molecular weight excluding hydrogens is 490 g/mol. The Kier molecular flexibility index (Phi) is 6.17. The SMILES string of the molecule is O=C(COc1ccc(Cl)cc1Br)NNC(=O)N1c2ccccc2Sc2ccccc21. The minimum absolute atomic E-state index is 0.274. The molecule has 0 saturated carbocycles. The van der Waals surface area contributed by atoms with E-state index in [2.05, 4.69) is 26.8 Å². The van der Waals surface area contributed by atoms with E-state index < -0.39 is 11.9 Å². The number of nitrogens with one attached hydrogen (secondary N) is 2. The lowest BCUT2D eigenvalue weighted by Crippen LogP contribution is -2.49. The van der Waals surface area contributed by atoms with Gasteiger partial charge in [0.1, 0.15) is 5.75 Å². The number of rotatable bonds is 3. The number of anilines is 2. The molecule has 9 heteroatoms. The molecule has 1 heterocycles. The molecule has 0 atom stereocenters. The summed E-state index contributed by atoms with van der Waals surface area (Å²) in [5.74, 6) is -0.0325. The van der Waals surface area contributed by atoms with Crippen molar-refractivity contribution in [3.8, 4) is 5.75 Å². The Morgan fingerprint density at radius 3 is 2.23 bits per heavy atom. The third-order valence-corrected chi connectivity index (χ3v) is 6.18. The van der Waals surface area contributed by atoms with Crippen LogP contribution in [0.1, 0.15) is 0 Å². The second-order valence-electron chi connectivity index (χ2n) is 6.21. The predicted octanol–water partition coefficient (Wildman–Crippen LogP) is 5.53.